The van der Waals surface area contributed by atoms with Gasteiger partial charge in [0.2, 0.25) is 0 Å². The zero-order chi connectivity index (χ0) is 31.3. The second kappa shape index (κ2) is 13.5. The van der Waals surface area contributed by atoms with Crippen LogP contribution in [0.25, 0.3) is 21.0 Å². The number of piperidine rings is 1. The predicted molar refractivity (Wildman–Crippen MR) is 178 cm³/mol. The van der Waals surface area contributed by atoms with Gasteiger partial charge >= 0.3 is 5.97 Å². The molecule has 2 heterocycles. The van der Waals surface area contributed by atoms with Gasteiger partial charge in [0.15, 0.2) is 0 Å². The Labute approximate surface area is 270 Å². The van der Waals surface area contributed by atoms with Gasteiger partial charge in [0, 0.05) is 24.3 Å². The Morgan fingerprint density at radius 3 is 2.16 bits per heavy atom. The average molecular weight is 636 g/mol. The van der Waals surface area contributed by atoms with Crippen LogP contribution in [0.4, 0.5) is 5.69 Å². The summed E-state index contributed by atoms with van der Waals surface area (Å²) in [5.74, 6) is -0.635. The maximum absolute atomic E-state index is 13.6. The van der Waals surface area contributed by atoms with Crippen LogP contribution in [-0.4, -0.2) is 47.9 Å². The lowest BCUT2D eigenvalue weighted by molar-refractivity contribution is 0.0599. The maximum Gasteiger partial charge on any atom is 0.337 e. The second-order valence-corrected chi connectivity index (χ2v) is 12.2. The Balaban J connectivity index is 1.17. The van der Waals surface area contributed by atoms with E-state index in [1.807, 2.05) is 72.8 Å². The first-order valence-electron chi connectivity index (χ1n) is 14.6. The molecule has 6 rings (SSSR count). The van der Waals surface area contributed by atoms with E-state index >= 15 is 0 Å². The minimum absolute atomic E-state index is 0.180. The van der Waals surface area contributed by atoms with Gasteiger partial charge in [-0.3, -0.25) is 9.59 Å². The monoisotopic (exact) mass is 635 g/mol. The predicted octanol–water partition coefficient (Wildman–Crippen LogP) is 8.19. The molecular formula is C36H30ClN3O4S. The lowest BCUT2D eigenvalue weighted by Gasteiger charge is -2.32. The standard InChI is InChI=1S/C36H30ClN3O4S/c1-44-36(43)27-14-12-23(13-15-27)24-18-20-40(21-19-24)35(42)29-22-28(16-17-30(29)37)38-33(41)31-32(25-8-4-2-5-9-25)45-34(39-31)26-10-6-3-7-11-26/h2-17,22,24H,18-21H2,1H3,(H,38,41). The first kappa shape index (κ1) is 30.2. The smallest absolute Gasteiger partial charge is 0.337 e. The number of benzene rings is 4. The lowest BCUT2D eigenvalue weighted by Crippen LogP contribution is -2.38. The summed E-state index contributed by atoms with van der Waals surface area (Å²) in [5, 5.41) is 4.01. The van der Waals surface area contributed by atoms with Crippen LogP contribution in [0.2, 0.25) is 5.02 Å². The molecule has 1 aliphatic rings. The van der Waals surface area contributed by atoms with Crippen LogP contribution in [0.1, 0.15) is 55.5 Å². The number of carbonyl (C=O) groups excluding carboxylic acids is 3. The molecule has 0 bridgehead atoms. The van der Waals surface area contributed by atoms with E-state index < -0.39 is 0 Å². The zero-order valence-electron chi connectivity index (χ0n) is 24.5. The van der Waals surface area contributed by atoms with Crippen molar-refractivity contribution < 1.29 is 19.1 Å². The van der Waals surface area contributed by atoms with E-state index in [4.69, 9.17) is 21.3 Å². The minimum atomic E-state index is -0.368. The van der Waals surface area contributed by atoms with Crippen molar-refractivity contribution in [3.05, 3.63) is 131 Å². The van der Waals surface area contributed by atoms with E-state index in [0.29, 0.717) is 40.6 Å². The van der Waals surface area contributed by atoms with Gasteiger partial charge in [-0.05, 0) is 60.2 Å². The largest absolute Gasteiger partial charge is 0.465 e. The van der Waals surface area contributed by atoms with Crippen molar-refractivity contribution in [2.75, 3.05) is 25.5 Å². The highest BCUT2D eigenvalue weighted by atomic mass is 35.5. The highest BCUT2D eigenvalue weighted by Crippen LogP contribution is 2.36. The number of ether oxygens (including phenoxy) is 1. The number of thiazole rings is 1. The number of methoxy groups -OCH3 is 1. The van der Waals surface area contributed by atoms with Gasteiger partial charge < -0.3 is 15.0 Å². The van der Waals surface area contributed by atoms with Crippen LogP contribution in [0, 0.1) is 0 Å². The number of nitrogens with one attached hydrogen (secondary N) is 1. The molecular weight excluding hydrogens is 606 g/mol. The fraction of sp³-hybridized carbons (Fsp3) is 0.167. The van der Waals surface area contributed by atoms with Crippen molar-refractivity contribution in [1.82, 2.24) is 9.88 Å². The number of anilines is 1. The van der Waals surface area contributed by atoms with Gasteiger partial charge in [-0.25, -0.2) is 9.78 Å². The summed E-state index contributed by atoms with van der Waals surface area (Å²) in [4.78, 5) is 46.3. The molecule has 1 aromatic heterocycles. The number of amides is 2. The fourth-order valence-electron chi connectivity index (χ4n) is 5.52. The average Bonchev–Trinajstić information content (AvgIpc) is 3.55. The first-order chi connectivity index (χ1) is 21.9. The molecule has 0 unspecified atom stereocenters. The topological polar surface area (TPSA) is 88.6 Å². The molecule has 2 amide bonds. The summed E-state index contributed by atoms with van der Waals surface area (Å²) < 4.78 is 4.79. The quantitative estimate of drug-likeness (QED) is 0.182. The maximum atomic E-state index is 13.6. The third kappa shape index (κ3) is 6.67. The SMILES string of the molecule is COC(=O)c1ccc(C2CCN(C(=O)c3cc(NC(=O)c4nc(-c5ccccc5)sc4-c4ccccc4)ccc3Cl)CC2)cc1. The summed E-state index contributed by atoms with van der Waals surface area (Å²) in [5.41, 5.74) is 4.58. The van der Waals surface area contributed by atoms with Gasteiger partial charge in [-0.15, -0.1) is 11.3 Å². The molecule has 45 heavy (non-hydrogen) atoms. The number of halogens is 1. The number of nitrogens with zero attached hydrogens (tertiary/aromatic N) is 2. The minimum Gasteiger partial charge on any atom is -0.465 e. The van der Waals surface area contributed by atoms with Crippen LogP contribution in [0.15, 0.2) is 103 Å². The Morgan fingerprint density at radius 1 is 0.867 bits per heavy atom. The molecule has 4 aromatic carbocycles. The molecule has 5 aromatic rings. The molecule has 0 aliphatic carbocycles. The zero-order valence-corrected chi connectivity index (χ0v) is 26.1. The molecule has 0 atom stereocenters. The fourth-order valence-corrected chi connectivity index (χ4v) is 6.79. The van der Waals surface area contributed by atoms with Gasteiger partial charge in [-0.1, -0.05) is 84.4 Å². The van der Waals surface area contributed by atoms with Crippen LogP contribution in [0.3, 0.4) is 0 Å². The van der Waals surface area contributed by atoms with Gasteiger partial charge in [0.1, 0.15) is 10.7 Å². The molecule has 0 radical (unpaired) electrons. The molecule has 1 aliphatic heterocycles. The molecule has 7 nitrogen and oxygen atoms in total. The lowest BCUT2D eigenvalue weighted by atomic mass is 9.88. The Hall–Kier alpha value is -4.79. The van der Waals surface area contributed by atoms with E-state index in [1.165, 1.54) is 18.4 Å². The van der Waals surface area contributed by atoms with Crippen molar-refractivity contribution in [2.24, 2.45) is 0 Å². The summed E-state index contributed by atoms with van der Waals surface area (Å²) in [6.45, 7) is 1.13. The highest BCUT2D eigenvalue weighted by Gasteiger charge is 2.27. The van der Waals surface area contributed by atoms with E-state index in [-0.39, 0.29) is 23.7 Å². The van der Waals surface area contributed by atoms with E-state index in [9.17, 15) is 14.4 Å². The Kier molecular flexibility index (Phi) is 9.05. The van der Waals surface area contributed by atoms with Crippen LogP contribution in [0.5, 0.6) is 0 Å². The van der Waals surface area contributed by atoms with Crippen LogP contribution >= 0.6 is 22.9 Å². The van der Waals surface area contributed by atoms with Crippen molar-refractivity contribution in [2.45, 2.75) is 18.8 Å². The molecule has 226 valence electrons. The van der Waals surface area contributed by atoms with E-state index in [0.717, 1.165) is 39.4 Å². The number of hydrogen-bond acceptors (Lipinski definition) is 6. The summed E-state index contributed by atoms with van der Waals surface area (Å²) in [7, 11) is 1.36. The van der Waals surface area contributed by atoms with E-state index in [2.05, 4.69) is 5.32 Å². The molecule has 1 fully saturated rings. The molecule has 9 heteroatoms. The summed E-state index contributed by atoms with van der Waals surface area (Å²) in [6.07, 6.45) is 1.57. The Morgan fingerprint density at radius 2 is 1.51 bits per heavy atom. The summed E-state index contributed by atoms with van der Waals surface area (Å²) in [6, 6.07) is 31.9. The van der Waals surface area contributed by atoms with Gasteiger partial charge in [0.05, 0.1) is 28.1 Å². The number of hydrogen-bond donors (Lipinski definition) is 1. The Bertz CT molecular complexity index is 1830. The third-order valence-corrected chi connectivity index (χ3v) is 9.42. The van der Waals surface area contributed by atoms with Gasteiger partial charge in [-0.2, -0.15) is 0 Å². The molecule has 1 saturated heterocycles. The van der Waals surface area contributed by atoms with E-state index in [1.54, 1.807) is 35.2 Å². The van der Waals surface area contributed by atoms with Crippen molar-refractivity contribution in [1.29, 1.82) is 0 Å². The van der Waals surface area contributed by atoms with Gasteiger partial charge in [0.25, 0.3) is 11.8 Å². The normalized spacial score (nSPS) is 13.3. The van der Waals surface area contributed by atoms with Crippen molar-refractivity contribution in [3.63, 3.8) is 0 Å². The molecule has 0 saturated carbocycles. The highest BCUT2D eigenvalue weighted by molar-refractivity contribution is 7.18. The molecule has 1 N–H and O–H groups in total. The molecule has 0 spiro atoms. The number of esters is 1. The van der Waals surface area contributed by atoms with Crippen molar-refractivity contribution in [3.8, 4) is 21.0 Å². The summed E-state index contributed by atoms with van der Waals surface area (Å²) >= 11 is 7.97. The van der Waals surface area contributed by atoms with Crippen molar-refractivity contribution >= 4 is 46.4 Å². The number of aromatic nitrogens is 1. The number of carbonyl (C=O) groups is 3. The van der Waals surface area contributed by atoms with Crippen LogP contribution < -0.4 is 5.32 Å². The first-order valence-corrected chi connectivity index (χ1v) is 15.8. The van der Waals surface area contributed by atoms with Crippen LogP contribution in [-0.2, 0) is 4.74 Å². The number of likely N-dealkylation sites (tertiary alicyclic amines) is 1. The second-order valence-electron chi connectivity index (χ2n) is 10.8. The number of rotatable bonds is 7. The third-order valence-electron chi connectivity index (χ3n) is 7.94.